The van der Waals surface area contributed by atoms with E-state index < -0.39 is 4.92 Å². The summed E-state index contributed by atoms with van der Waals surface area (Å²) in [6, 6.07) is 23.3. The lowest BCUT2D eigenvalue weighted by Crippen LogP contribution is -2.38. The predicted molar refractivity (Wildman–Crippen MR) is 130 cm³/mol. The van der Waals surface area contributed by atoms with Gasteiger partial charge in [-0.1, -0.05) is 48.6 Å². The van der Waals surface area contributed by atoms with Gasteiger partial charge < -0.3 is 10.4 Å². The van der Waals surface area contributed by atoms with Crippen LogP contribution in [-0.4, -0.2) is 15.0 Å². The summed E-state index contributed by atoms with van der Waals surface area (Å²) in [6.45, 7) is 1.94. The second kappa shape index (κ2) is 8.95. The fourth-order valence-corrected chi connectivity index (χ4v) is 3.78. The highest BCUT2D eigenvalue weighted by Gasteiger charge is 2.25. The summed E-state index contributed by atoms with van der Waals surface area (Å²) in [7, 11) is 0. The number of fused-ring (bicyclic) bond motifs is 1. The van der Waals surface area contributed by atoms with Gasteiger partial charge in [-0.25, -0.2) is 0 Å². The highest BCUT2D eigenvalue weighted by Crippen LogP contribution is 2.26. The van der Waals surface area contributed by atoms with Crippen molar-refractivity contribution in [2.24, 2.45) is 0 Å². The number of pyridine rings is 1. The molecule has 0 radical (unpaired) electrons. The molecular formula is C25H20N3O3S+. The Morgan fingerprint density at radius 3 is 2.44 bits per heavy atom. The van der Waals surface area contributed by atoms with E-state index >= 15 is 0 Å². The first-order valence-electron chi connectivity index (χ1n) is 9.89. The molecule has 0 amide bonds. The highest BCUT2D eigenvalue weighted by atomic mass is 32.1. The first-order chi connectivity index (χ1) is 15.4. The van der Waals surface area contributed by atoms with Crippen molar-refractivity contribution in [2.45, 2.75) is 6.92 Å². The zero-order valence-electron chi connectivity index (χ0n) is 17.2. The number of hydrogen-bond donors (Lipinski definition) is 2. The summed E-state index contributed by atoms with van der Waals surface area (Å²) in [6.07, 6.45) is 3.65. The number of hydrogen-bond acceptors (Lipinski definition) is 4. The number of nitro benzene ring substituents is 1. The monoisotopic (exact) mass is 442 g/mol. The maximum atomic E-state index is 11.2. The van der Waals surface area contributed by atoms with E-state index in [2.05, 4.69) is 5.32 Å². The Balaban J connectivity index is 1.81. The van der Waals surface area contributed by atoms with E-state index in [0.29, 0.717) is 16.2 Å². The van der Waals surface area contributed by atoms with Gasteiger partial charge in [-0.05, 0) is 36.6 Å². The lowest BCUT2D eigenvalue weighted by atomic mass is 10.1. The summed E-state index contributed by atoms with van der Waals surface area (Å²) in [5.74, 6) is -0.0896. The standard InChI is InChI=1S/C25H19N3O3S/c1-17-6-5-15-27(16-17)23(24(29)19-11-13-20(14-12-19)28(30)31)25(32)26-22-10-4-8-18-7-2-3-9-21(18)22/h2-16H,1H3,(H-,26,29,32)/p+1. The molecule has 0 atom stereocenters. The molecule has 2 N–H and O–H groups in total. The van der Waals surface area contributed by atoms with Crippen LogP contribution in [0, 0.1) is 17.0 Å². The number of aryl methyl sites for hydroxylation is 1. The van der Waals surface area contributed by atoms with Crippen LogP contribution < -0.4 is 9.88 Å². The first-order valence-corrected chi connectivity index (χ1v) is 10.3. The van der Waals surface area contributed by atoms with Gasteiger partial charge in [0.1, 0.15) is 0 Å². The average Bonchev–Trinajstić information content (AvgIpc) is 2.79. The molecule has 1 aromatic heterocycles. The summed E-state index contributed by atoms with van der Waals surface area (Å²) in [5, 5.41) is 27.5. The number of nitro groups is 1. The number of thiocarbonyl (C=S) groups is 1. The molecule has 158 valence electrons. The van der Waals surface area contributed by atoms with Crippen LogP contribution in [0.1, 0.15) is 11.1 Å². The Bertz CT molecular complexity index is 1360. The van der Waals surface area contributed by atoms with E-state index in [1.807, 2.05) is 67.7 Å². The van der Waals surface area contributed by atoms with Crippen molar-refractivity contribution >= 4 is 50.8 Å². The maximum Gasteiger partial charge on any atom is 0.288 e. The van der Waals surface area contributed by atoms with Gasteiger partial charge >= 0.3 is 0 Å². The lowest BCUT2D eigenvalue weighted by Gasteiger charge is -2.12. The topological polar surface area (TPSA) is 79.3 Å². The molecule has 4 aromatic rings. The maximum absolute atomic E-state index is 11.2. The van der Waals surface area contributed by atoms with Crippen LogP contribution in [0.5, 0.6) is 0 Å². The summed E-state index contributed by atoms with van der Waals surface area (Å²) < 4.78 is 1.74. The van der Waals surface area contributed by atoms with E-state index in [1.54, 1.807) is 10.8 Å². The van der Waals surface area contributed by atoms with Crippen LogP contribution in [0.15, 0.2) is 91.3 Å². The van der Waals surface area contributed by atoms with Gasteiger partial charge in [0.05, 0.1) is 4.92 Å². The van der Waals surface area contributed by atoms with Crippen molar-refractivity contribution in [3.63, 3.8) is 0 Å². The van der Waals surface area contributed by atoms with Crippen molar-refractivity contribution < 1.29 is 14.6 Å². The summed E-state index contributed by atoms with van der Waals surface area (Å²) >= 11 is 5.73. The Labute approximate surface area is 190 Å². The molecule has 0 bridgehead atoms. The molecule has 0 aliphatic carbocycles. The molecule has 0 unspecified atom stereocenters. The summed E-state index contributed by atoms with van der Waals surface area (Å²) in [5.41, 5.74) is 2.53. The SMILES string of the molecule is Cc1ccc[n+](/C(C(=S)Nc2cccc3ccccc23)=C(/O)c2ccc([N+](=O)[O-])cc2)c1. The van der Waals surface area contributed by atoms with Gasteiger partial charge in [0.2, 0.25) is 0 Å². The van der Waals surface area contributed by atoms with Gasteiger partial charge in [-0.2, -0.15) is 4.57 Å². The fourth-order valence-electron chi connectivity index (χ4n) is 3.47. The third-order valence-corrected chi connectivity index (χ3v) is 5.33. The van der Waals surface area contributed by atoms with Crippen LogP contribution in [0.3, 0.4) is 0 Å². The third-order valence-electron chi connectivity index (χ3n) is 5.04. The number of nitrogens with one attached hydrogen (secondary N) is 1. The van der Waals surface area contributed by atoms with E-state index in [9.17, 15) is 15.2 Å². The second-order valence-electron chi connectivity index (χ2n) is 7.27. The number of rotatable bonds is 5. The number of aliphatic hydroxyl groups is 1. The van der Waals surface area contributed by atoms with Gasteiger partial charge in [-0.3, -0.25) is 10.1 Å². The molecule has 1 heterocycles. The number of aliphatic hydroxyl groups excluding tert-OH is 1. The molecule has 3 aromatic carbocycles. The number of anilines is 1. The van der Waals surface area contributed by atoms with Crippen LogP contribution >= 0.6 is 12.2 Å². The Hall–Kier alpha value is -4.10. The molecule has 6 nitrogen and oxygen atoms in total. The van der Waals surface area contributed by atoms with Gasteiger partial charge in [0, 0.05) is 40.4 Å². The van der Waals surface area contributed by atoms with Crippen LogP contribution in [0.4, 0.5) is 11.4 Å². The van der Waals surface area contributed by atoms with E-state index in [0.717, 1.165) is 22.0 Å². The van der Waals surface area contributed by atoms with Crippen molar-refractivity contribution in [1.29, 1.82) is 0 Å². The average molecular weight is 443 g/mol. The highest BCUT2D eigenvalue weighted by molar-refractivity contribution is 7.81. The van der Waals surface area contributed by atoms with Crippen LogP contribution in [-0.2, 0) is 0 Å². The number of non-ortho nitro benzene ring substituents is 1. The predicted octanol–water partition coefficient (Wildman–Crippen LogP) is 5.67. The molecule has 32 heavy (non-hydrogen) atoms. The zero-order valence-corrected chi connectivity index (χ0v) is 18.0. The smallest absolute Gasteiger partial charge is 0.288 e. The van der Waals surface area contributed by atoms with Gasteiger partial charge in [-0.15, -0.1) is 0 Å². The zero-order chi connectivity index (χ0) is 22.7. The quantitative estimate of drug-likeness (QED) is 0.104. The van der Waals surface area contributed by atoms with Crippen LogP contribution in [0.25, 0.3) is 22.2 Å². The molecule has 0 saturated heterocycles. The lowest BCUT2D eigenvalue weighted by molar-refractivity contribution is -0.576. The van der Waals surface area contributed by atoms with Gasteiger partial charge in [0.15, 0.2) is 23.1 Å². The Morgan fingerprint density at radius 1 is 1.00 bits per heavy atom. The molecular weight excluding hydrogens is 422 g/mol. The Kier molecular flexibility index (Phi) is 5.91. The number of benzene rings is 3. The molecule has 0 aliphatic heterocycles. The first kappa shape index (κ1) is 21.1. The molecule has 0 spiro atoms. The Morgan fingerprint density at radius 2 is 1.72 bits per heavy atom. The molecule has 4 rings (SSSR count). The minimum Gasteiger partial charge on any atom is -0.502 e. The molecule has 0 aliphatic rings. The van der Waals surface area contributed by atoms with Crippen molar-refractivity contribution in [2.75, 3.05) is 5.32 Å². The van der Waals surface area contributed by atoms with Crippen LogP contribution in [0.2, 0.25) is 0 Å². The largest absolute Gasteiger partial charge is 0.502 e. The molecule has 0 fully saturated rings. The number of aromatic nitrogens is 1. The number of nitrogens with zero attached hydrogens (tertiary/aromatic N) is 2. The van der Waals surface area contributed by atoms with Crippen molar-refractivity contribution in [3.8, 4) is 0 Å². The minimum atomic E-state index is -0.479. The van der Waals surface area contributed by atoms with Crippen molar-refractivity contribution in [3.05, 3.63) is 112 Å². The third kappa shape index (κ3) is 4.33. The van der Waals surface area contributed by atoms with Gasteiger partial charge in [0.25, 0.3) is 11.4 Å². The summed E-state index contributed by atoms with van der Waals surface area (Å²) in [4.78, 5) is 10.8. The normalized spacial score (nSPS) is 11.7. The fraction of sp³-hybridized carbons (Fsp3) is 0.0400. The molecule has 0 saturated carbocycles. The molecule has 7 heteroatoms. The van der Waals surface area contributed by atoms with E-state index in [4.69, 9.17) is 12.2 Å². The minimum absolute atomic E-state index is 0.0530. The van der Waals surface area contributed by atoms with E-state index in [-0.39, 0.29) is 11.4 Å². The van der Waals surface area contributed by atoms with Crippen molar-refractivity contribution in [1.82, 2.24) is 0 Å². The van der Waals surface area contributed by atoms with E-state index in [1.165, 1.54) is 24.3 Å². The second-order valence-corrected chi connectivity index (χ2v) is 7.68.